The summed E-state index contributed by atoms with van der Waals surface area (Å²) >= 11 is 1.76. The summed E-state index contributed by atoms with van der Waals surface area (Å²) in [5, 5.41) is 8.21. The van der Waals surface area contributed by atoms with Gasteiger partial charge in [-0.15, -0.1) is 11.3 Å². The van der Waals surface area contributed by atoms with E-state index in [1.807, 2.05) is 31.2 Å². The van der Waals surface area contributed by atoms with Crippen molar-refractivity contribution in [1.29, 1.82) is 0 Å². The van der Waals surface area contributed by atoms with Crippen molar-refractivity contribution < 1.29 is 4.79 Å². The maximum atomic E-state index is 12.6. The highest BCUT2D eigenvalue weighted by Gasteiger charge is 2.26. The van der Waals surface area contributed by atoms with E-state index in [1.165, 1.54) is 17.7 Å². The Morgan fingerprint density at radius 3 is 2.79 bits per heavy atom. The van der Waals surface area contributed by atoms with Gasteiger partial charge in [0.05, 0.1) is 23.1 Å². The van der Waals surface area contributed by atoms with Gasteiger partial charge in [-0.1, -0.05) is 25.1 Å². The molecule has 3 N–H and O–H groups in total. The van der Waals surface area contributed by atoms with Crippen LogP contribution in [-0.2, 0) is 0 Å². The van der Waals surface area contributed by atoms with Crippen molar-refractivity contribution in [3.8, 4) is 0 Å². The van der Waals surface area contributed by atoms with Gasteiger partial charge >= 0.3 is 6.03 Å². The van der Waals surface area contributed by atoms with Gasteiger partial charge in [0.1, 0.15) is 5.82 Å². The van der Waals surface area contributed by atoms with E-state index in [1.54, 1.807) is 11.3 Å². The lowest BCUT2D eigenvalue weighted by molar-refractivity contribution is 0.138. The third-order valence-corrected chi connectivity index (χ3v) is 6.73. The van der Waals surface area contributed by atoms with Crippen LogP contribution in [0.3, 0.4) is 0 Å². The highest BCUT2D eigenvalue weighted by molar-refractivity contribution is 7.10. The average Bonchev–Trinajstić information content (AvgIpc) is 3.39. The van der Waals surface area contributed by atoms with E-state index in [0.717, 1.165) is 35.9 Å². The molecule has 0 bridgehead atoms. The average molecular weight is 412 g/mol. The van der Waals surface area contributed by atoms with Crippen LogP contribution >= 0.6 is 11.3 Å². The van der Waals surface area contributed by atoms with Crippen LogP contribution in [-0.4, -0.2) is 40.5 Å². The Hall–Kier alpha value is -2.38. The van der Waals surface area contributed by atoms with E-state index in [9.17, 15) is 4.79 Å². The first-order chi connectivity index (χ1) is 14.1. The predicted octanol–water partition coefficient (Wildman–Crippen LogP) is 4.46. The number of nitrogens with one attached hydrogen (secondary N) is 3. The molecule has 1 aromatic carbocycles. The molecule has 2 atom stereocenters. The van der Waals surface area contributed by atoms with Crippen molar-refractivity contribution in [1.82, 2.24) is 25.5 Å². The summed E-state index contributed by atoms with van der Waals surface area (Å²) < 4.78 is 0. The van der Waals surface area contributed by atoms with Crippen LogP contribution in [0.2, 0.25) is 0 Å². The summed E-state index contributed by atoms with van der Waals surface area (Å²) in [6.45, 7) is 7.04. The molecule has 2 amide bonds. The number of aromatic amines is 1. The third kappa shape index (κ3) is 4.79. The highest BCUT2D eigenvalue weighted by Crippen LogP contribution is 2.29. The van der Waals surface area contributed by atoms with Gasteiger partial charge in [-0.25, -0.2) is 9.78 Å². The number of carbonyl (C=O) groups excluding carboxylic acids is 1. The van der Waals surface area contributed by atoms with Crippen molar-refractivity contribution in [2.45, 2.75) is 38.8 Å². The minimum Gasteiger partial charge on any atom is -0.340 e. The molecule has 1 aliphatic heterocycles. The van der Waals surface area contributed by atoms with Gasteiger partial charge in [0.2, 0.25) is 0 Å². The van der Waals surface area contributed by atoms with E-state index in [4.69, 9.17) is 0 Å². The Balaban J connectivity index is 1.36. The molecule has 154 valence electrons. The number of imidazole rings is 1. The smallest absolute Gasteiger partial charge is 0.315 e. The second-order valence-electron chi connectivity index (χ2n) is 7.96. The molecule has 7 heteroatoms. The van der Waals surface area contributed by atoms with Crippen molar-refractivity contribution in [3.05, 3.63) is 52.5 Å². The molecule has 2 unspecified atom stereocenters. The molecule has 1 aliphatic rings. The van der Waals surface area contributed by atoms with E-state index in [2.05, 4.69) is 49.9 Å². The zero-order chi connectivity index (χ0) is 20.2. The van der Waals surface area contributed by atoms with Crippen molar-refractivity contribution in [2.75, 3.05) is 19.6 Å². The number of likely N-dealkylation sites (tertiary alicyclic amines) is 1. The molecule has 0 spiro atoms. The zero-order valence-electron chi connectivity index (χ0n) is 17.0. The summed E-state index contributed by atoms with van der Waals surface area (Å²) in [5.74, 6) is 1.55. The number of nitrogens with zero attached hydrogens (tertiary/aromatic N) is 2. The number of aromatic nitrogens is 2. The van der Waals surface area contributed by atoms with Crippen LogP contribution < -0.4 is 10.6 Å². The van der Waals surface area contributed by atoms with Crippen LogP contribution in [0.25, 0.3) is 11.0 Å². The topological polar surface area (TPSA) is 73.1 Å². The van der Waals surface area contributed by atoms with Gasteiger partial charge in [-0.2, -0.15) is 0 Å². The van der Waals surface area contributed by atoms with Crippen LogP contribution in [0.15, 0.2) is 41.8 Å². The fourth-order valence-corrected chi connectivity index (χ4v) is 4.77. The van der Waals surface area contributed by atoms with E-state index in [-0.39, 0.29) is 18.1 Å². The number of hydrogen-bond donors (Lipinski definition) is 3. The minimum atomic E-state index is -0.196. The maximum Gasteiger partial charge on any atom is 0.315 e. The molecule has 1 fully saturated rings. The molecule has 0 aliphatic carbocycles. The Labute approximate surface area is 175 Å². The number of benzene rings is 1. The predicted molar refractivity (Wildman–Crippen MR) is 118 cm³/mol. The number of para-hydroxylation sites is 2. The molecule has 3 heterocycles. The summed E-state index contributed by atoms with van der Waals surface area (Å²) in [7, 11) is 0. The second-order valence-corrected chi connectivity index (χ2v) is 8.94. The summed E-state index contributed by atoms with van der Waals surface area (Å²) in [5.41, 5.74) is 1.89. The van der Waals surface area contributed by atoms with Gasteiger partial charge in [-0.05, 0) is 62.4 Å². The van der Waals surface area contributed by atoms with Crippen LogP contribution in [0.1, 0.15) is 49.5 Å². The molecule has 2 aromatic heterocycles. The van der Waals surface area contributed by atoms with Gasteiger partial charge in [-0.3, -0.25) is 4.90 Å². The Morgan fingerprint density at radius 2 is 2.07 bits per heavy atom. The van der Waals surface area contributed by atoms with E-state index >= 15 is 0 Å². The first kappa shape index (κ1) is 19.9. The summed E-state index contributed by atoms with van der Waals surface area (Å²) in [4.78, 5) is 24.3. The SMILES string of the molecule is CC1CCN(C(CNC(=O)NC(C)c2nc3ccccc3[nH]2)c2cccs2)CC1. The summed E-state index contributed by atoms with van der Waals surface area (Å²) in [6, 6.07) is 12.0. The molecule has 0 radical (unpaired) electrons. The Kier molecular flexibility index (Phi) is 6.16. The molecule has 29 heavy (non-hydrogen) atoms. The van der Waals surface area contributed by atoms with Crippen LogP contribution in [0.4, 0.5) is 4.79 Å². The molecule has 6 nitrogen and oxygen atoms in total. The van der Waals surface area contributed by atoms with Crippen molar-refractivity contribution >= 4 is 28.4 Å². The van der Waals surface area contributed by atoms with Gasteiger partial charge in [0, 0.05) is 11.4 Å². The third-order valence-electron chi connectivity index (χ3n) is 5.75. The lowest BCUT2D eigenvalue weighted by atomic mass is 9.97. The van der Waals surface area contributed by atoms with Crippen LogP contribution in [0, 0.1) is 5.92 Å². The lowest BCUT2D eigenvalue weighted by Crippen LogP contribution is -2.44. The molecule has 3 aromatic rings. The fraction of sp³-hybridized carbons (Fsp3) is 0.455. The lowest BCUT2D eigenvalue weighted by Gasteiger charge is -2.36. The van der Waals surface area contributed by atoms with E-state index < -0.39 is 0 Å². The van der Waals surface area contributed by atoms with E-state index in [0.29, 0.717) is 6.54 Å². The Morgan fingerprint density at radius 1 is 1.28 bits per heavy atom. The number of hydrogen-bond acceptors (Lipinski definition) is 4. The number of thiophene rings is 1. The monoisotopic (exact) mass is 411 g/mol. The maximum absolute atomic E-state index is 12.6. The number of rotatable bonds is 6. The largest absolute Gasteiger partial charge is 0.340 e. The molecular weight excluding hydrogens is 382 g/mol. The van der Waals surface area contributed by atoms with Crippen LogP contribution in [0.5, 0.6) is 0 Å². The second kappa shape index (κ2) is 8.97. The molecule has 1 saturated heterocycles. The standard InChI is InChI=1S/C22H29N5OS/c1-15-9-11-27(12-10-15)19(20-8-5-13-29-20)14-23-22(28)24-16(2)21-25-17-6-3-4-7-18(17)26-21/h3-8,13,15-16,19H,9-12,14H2,1-2H3,(H,25,26)(H2,23,24,28). The highest BCUT2D eigenvalue weighted by atomic mass is 32.1. The number of fused-ring (bicyclic) bond motifs is 1. The quantitative estimate of drug-likeness (QED) is 0.561. The number of carbonyl (C=O) groups is 1. The zero-order valence-corrected chi connectivity index (χ0v) is 17.8. The normalized spacial score (nSPS) is 17.9. The number of H-pyrrole nitrogens is 1. The summed E-state index contributed by atoms with van der Waals surface area (Å²) in [6.07, 6.45) is 2.44. The molecule has 0 saturated carbocycles. The van der Waals surface area contributed by atoms with Crippen molar-refractivity contribution in [2.24, 2.45) is 5.92 Å². The Bertz CT molecular complexity index is 897. The first-order valence-corrected chi connectivity index (χ1v) is 11.2. The molecule has 4 rings (SSSR count). The number of amides is 2. The number of urea groups is 1. The van der Waals surface area contributed by atoms with Gasteiger partial charge in [0.25, 0.3) is 0 Å². The van der Waals surface area contributed by atoms with Crippen molar-refractivity contribution in [3.63, 3.8) is 0 Å². The molecular formula is C22H29N5OS. The minimum absolute atomic E-state index is 0.162. The fourth-order valence-electron chi connectivity index (χ4n) is 3.91. The first-order valence-electron chi connectivity index (χ1n) is 10.4. The number of piperidine rings is 1. The van der Waals surface area contributed by atoms with Gasteiger partial charge in [0.15, 0.2) is 0 Å². The van der Waals surface area contributed by atoms with Gasteiger partial charge < -0.3 is 15.6 Å².